The third-order valence-electron chi connectivity index (χ3n) is 1.79. The molecule has 0 bridgehead atoms. The monoisotopic (exact) mass is 262 g/mol. The van der Waals surface area contributed by atoms with Crippen LogP contribution in [0.1, 0.15) is 5.76 Å². The number of rotatable bonds is 5. The van der Waals surface area contributed by atoms with Crippen LogP contribution in [0.4, 0.5) is 5.82 Å². The van der Waals surface area contributed by atoms with E-state index in [-0.39, 0.29) is 12.4 Å². The first-order valence-electron chi connectivity index (χ1n) is 4.71. The van der Waals surface area contributed by atoms with Gasteiger partial charge >= 0.3 is 0 Å². The minimum atomic E-state index is -3.60. The number of nitrogens with one attached hydrogen (secondary N) is 2. The summed E-state index contributed by atoms with van der Waals surface area (Å²) in [5, 5.41) is 5.93. The van der Waals surface area contributed by atoms with Crippen LogP contribution >= 0.6 is 0 Å². The summed E-state index contributed by atoms with van der Waals surface area (Å²) in [6.45, 7) is 1.31. The SMILES string of the molecule is Cc1cc(NC(=O)CNS(=O)(=O)N(C)C)no1. The van der Waals surface area contributed by atoms with Crippen molar-refractivity contribution in [3.8, 4) is 0 Å². The van der Waals surface area contributed by atoms with Gasteiger partial charge in [0, 0.05) is 20.2 Å². The van der Waals surface area contributed by atoms with E-state index in [1.807, 2.05) is 0 Å². The number of hydrogen-bond acceptors (Lipinski definition) is 5. The van der Waals surface area contributed by atoms with Crippen molar-refractivity contribution < 1.29 is 17.7 Å². The van der Waals surface area contributed by atoms with Gasteiger partial charge in [-0.3, -0.25) is 4.79 Å². The fourth-order valence-corrected chi connectivity index (χ4v) is 1.47. The molecule has 0 radical (unpaired) electrons. The molecule has 17 heavy (non-hydrogen) atoms. The molecular formula is C8H14N4O4S. The van der Waals surface area contributed by atoms with Crippen molar-refractivity contribution in [2.75, 3.05) is 26.0 Å². The average Bonchev–Trinajstić information content (AvgIpc) is 2.61. The number of aromatic nitrogens is 1. The molecule has 96 valence electrons. The first-order chi connectivity index (χ1) is 7.81. The Bertz CT molecular complexity index is 493. The van der Waals surface area contributed by atoms with Gasteiger partial charge in [0.1, 0.15) is 5.76 Å². The van der Waals surface area contributed by atoms with Crippen molar-refractivity contribution in [1.82, 2.24) is 14.2 Å². The minimum absolute atomic E-state index is 0.247. The van der Waals surface area contributed by atoms with Crippen LogP contribution in [0.5, 0.6) is 0 Å². The summed E-state index contributed by atoms with van der Waals surface area (Å²) in [6.07, 6.45) is 0. The highest BCUT2D eigenvalue weighted by molar-refractivity contribution is 7.87. The van der Waals surface area contributed by atoms with E-state index in [9.17, 15) is 13.2 Å². The Hall–Kier alpha value is -1.45. The molecule has 0 spiro atoms. The maximum Gasteiger partial charge on any atom is 0.279 e. The Morgan fingerprint density at radius 2 is 2.18 bits per heavy atom. The van der Waals surface area contributed by atoms with E-state index in [0.717, 1.165) is 4.31 Å². The van der Waals surface area contributed by atoms with Crippen molar-refractivity contribution in [3.05, 3.63) is 11.8 Å². The van der Waals surface area contributed by atoms with Crippen molar-refractivity contribution in [3.63, 3.8) is 0 Å². The fourth-order valence-electron chi connectivity index (χ4n) is 0.898. The molecule has 9 heteroatoms. The van der Waals surface area contributed by atoms with Gasteiger partial charge in [-0.2, -0.15) is 17.4 Å². The second-order valence-electron chi connectivity index (χ2n) is 3.48. The van der Waals surface area contributed by atoms with Gasteiger partial charge < -0.3 is 9.84 Å². The molecule has 0 fully saturated rings. The average molecular weight is 262 g/mol. The van der Waals surface area contributed by atoms with Gasteiger partial charge in [0.05, 0.1) is 6.54 Å². The Labute approximate surface area is 99.1 Å². The number of nitrogens with zero attached hydrogens (tertiary/aromatic N) is 2. The van der Waals surface area contributed by atoms with E-state index in [0.29, 0.717) is 5.76 Å². The van der Waals surface area contributed by atoms with Crippen LogP contribution < -0.4 is 10.0 Å². The second-order valence-corrected chi connectivity index (χ2v) is 5.45. The highest BCUT2D eigenvalue weighted by Gasteiger charge is 2.15. The summed E-state index contributed by atoms with van der Waals surface area (Å²) in [5.74, 6) is 0.273. The molecule has 0 saturated carbocycles. The van der Waals surface area contributed by atoms with Crippen molar-refractivity contribution in [1.29, 1.82) is 0 Å². The predicted molar refractivity (Wildman–Crippen MR) is 60.5 cm³/mol. The highest BCUT2D eigenvalue weighted by Crippen LogP contribution is 2.06. The molecule has 0 aromatic carbocycles. The normalized spacial score (nSPS) is 11.8. The molecule has 0 aliphatic rings. The lowest BCUT2D eigenvalue weighted by Gasteiger charge is -2.11. The molecule has 1 rings (SSSR count). The lowest BCUT2D eigenvalue weighted by atomic mass is 10.5. The second kappa shape index (κ2) is 5.25. The topological polar surface area (TPSA) is 105 Å². The third-order valence-corrected chi connectivity index (χ3v) is 3.26. The Balaban J connectivity index is 2.46. The Morgan fingerprint density at radius 1 is 1.53 bits per heavy atom. The summed E-state index contributed by atoms with van der Waals surface area (Å²) in [5.41, 5.74) is 0. The van der Waals surface area contributed by atoms with Crippen LogP contribution in [-0.4, -0.2) is 44.4 Å². The van der Waals surface area contributed by atoms with Crippen molar-refractivity contribution in [2.24, 2.45) is 0 Å². The molecule has 2 N–H and O–H groups in total. The predicted octanol–water partition coefficient (Wildman–Crippen LogP) is -0.682. The molecule has 8 nitrogen and oxygen atoms in total. The molecule has 1 heterocycles. The van der Waals surface area contributed by atoms with E-state index in [4.69, 9.17) is 4.52 Å². The number of amides is 1. The van der Waals surface area contributed by atoms with Crippen LogP contribution in [0.15, 0.2) is 10.6 Å². The maximum absolute atomic E-state index is 11.4. The highest BCUT2D eigenvalue weighted by atomic mass is 32.2. The molecule has 0 aliphatic carbocycles. The standard InChI is InChI=1S/C8H14N4O4S/c1-6-4-7(11-16-6)10-8(13)5-9-17(14,15)12(2)3/h4,9H,5H2,1-3H3,(H,10,11,13). The number of anilines is 1. The molecule has 1 aromatic rings. The van der Waals surface area contributed by atoms with Gasteiger partial charge in [-0.25, -0.2) is 0 Å². The van der Waals surface area contributed by atoms with Crippen LogP contribution in [0.25, 0.3) is 0 Å². The van der Waals surface area contributed by atoms with E-state index < -0.39 is 16.1 Å². The fraction of sp³-hybridized carbons (Fsp3) is 0.500. The minimum Gasteiger partial charge on any atom is -0.360 e. The molecule has 0 aliphatic heterocycles. The Morgan fingerprint density at radius 3 is 2.65 bits per heavy atom. The zero-order valence-electron chi connectivity index (χ0n) is 9.72. The van der Waals surface area contributed by atoms with Gasteiger partial charge in [-0.05, 0) is 6.92 Å². The molecule has 0 atom stereocenters. The van der Waals surface area contributed by atoms with Crippen LogP contribution in [0.3, 0.4) is 0 Å². The summed E-state index contributed by atoms with van der Waals surface area (Å²) in [6, 6.07) is 1.53. The summed E-state index contributed by atoms with van der Waals surface area (Å²) >= 11 is 0. The number of carbonyl (C=O) groups excluding carboxylic acids is 1. The molecule has 0 unspecified atom stereocenters. The zero-order valence-corrected chi connectivity index (χ0v) is 10.5. The molecule has 1 aromatic heterocycles. The van der Waals surface area contributed by atoms with Gasteiger partial charge in [-0.1, -0.05) is 5.16 Å². The lowest BCUT2D eigenvalue weighted by molar-refractivity contribution is -0.115. The van der Waals surface area contributed by atoms with Gasteiger partial charge in [0.25, 0.3) is 10.2 Å². The number of aryl methyl sites for hydroxylation is 1. The number of carbonyl (C=O) groups is 1. The largest absolute Gasteiger partial charge is 0.360 e. The Kier molecular flexibility index (Phi) is 4.21. The van der Waals surface area contributed by atoms with Crippen LogP contribution in [0.2, 0.25) is 0 Å². The van der Waals surface area contributed by atoms with Crippen LogP contribution in [0, 0.1) is 6.92 Å². The smallest absolute Gasteiger partial charge is 0.279 e. The molecule has 0 saturated heterocycles. The first-order valence-corrected chi connectivity index (χ1v) is 6.15. The quantitative estimate of drug-likeness (QED) is 0.731. The van der Waals surface area contributed by atoms with Crippen molar-refractivity contribution >= 4 is 21.9 Å². The summed E-state index contributed by atoms with van der Waals surface area (Å²) in [4.78, 5) is 11.4. The van der Waals surface area contributed by atoms with E-state index in [1.54, 1.807) is 6.92 Å². The maximum atomic E-state index is 11.4. The van der Waals surface area contributed by atoms with Gasteiger partial charge in [-0.15, -0.1) is 0 Å². The summed E-state index contributed by atoms with van der Waals surface area (Å²) in [7, 11) is -0.877. The van der Waals surface area contributed by atoms with E-state index in [2.05, 4.69) is 15.2 Å². The summed E-state index contributed by atoms with van der Waals surface area (Å²) < 4.78 is 30.4. The van der Waals surface area contributed by atoms with Crippen LogP contribution in [-0.2, 0) is 15.0 Å². The van der Waals surface area contributed by atoms with Gasteiger partial charge in [0.15, 0.2) is 5.82 Å². The van der Waals surface area contributed by atoms with Crippen molar-refractivity contribution in [2.45, 2.75) is 6.92 Å². The molecular weight excluding hydrogens is 248 g/mol. The lowest BCUT2D eigenvalue weighted by Crippen LogP contribution is -2.40. The van der Waals surface area contributed by atoms with E-state index >= 15 is 0 Å². The van der Waals surface area contributed by atoms with Gasteiger partial charge in [0.2, 0.25) is 5.91 Å². The first kappa shape index (κ1) is 13.6. The zero-order chi connectivity index (χ0) is 13.1. The number of hydrogen-bond donors (Lipinski definition) is 2. The third kappa shape index (κ3) is 4.13. The molecule has 1 amide bonds. The van der Waals surface area contributed by atoms with E-state index in [1.165, 1.54) is 20.2 Å².